The van der Waals surface area contributed by atoms with Gasteiger partial charge in [-0.25, -0.2) is 0 Å². The van der Waals surface area contributed by atoms with Gasteiger partial charge in [-0.15, -0.1) is 0 Å². The summed E-state index contributed by atoms with van der Waals surface area (Å²) in [7, 11) is 0. The van der Waals surface area contributed by atoms with Crippen molar-refractivity contribution in [3.05, 3.63) is 29.8 Å². The SMILES string of the molecule is CCC(CC)N(CCOc1ccc(C#N)cc1)CC(C)C. The Hall–Kier alpha value is -1.53. The van der Waals surface area contributed by atoms with Crippen molar-refractivity contribution in [1.82, 2.24) is 4.90 Å². The van der Waals surface area contributed by atoms with Crippen LogP contribution in [0, 0.1) is 17.2 Å². The molecule has 0 spiro atoms. The van der Waals surface area contributed by atoms with Crippen molar-refractivity contribution in [2.75, 3.05) is 19.7 Å². The van der Waals surface area contributed by atoms with E-state index in [9.17, 15) is 0 Å². The maximum absolute atomic E-state index is 8.78. The zero-order chi connectivity index (χ0) is 15.7. The van der Waals surface area contributed by atoms with Gasteiger partial charge < -0.3 is 4.74 Å². The van der Waals surface area contributed by atoms with Crippen molar-refractivity contribution < 1.29 is 4.74 Å². The van der Waals surface area contributed by atoms with Gasteiger partial charge in [-0.3, -0.25) is 4.90 Å². The van der Waals surface area contributed by atoms with Gasteiger partial charge in [0, 0.05) is 19.1 Å². The largest absolute Gasteiger partial charge is 0.492 e. The minimum absolute atomic E-state index is 0.636. The molecule has 0 atom stereocenters. The molecule has 0 aliphatic carbocycles. The lowest BCUT2D eigenvalue weighted by atomic mass is 10.1. The van der Waals surface area contributed by atoms with Crippen molar-refractivity contribution in [2.24, 2.45) is 5.92 Å². The highest BCUT2D eigenvalue weighted by Crippen LogP contribution is 2.14. The molecule has 0 aliphatic rings. The molecule has 0 heterocycles. The molecule has 0 saturated heterocycles. The first kappa shape index (κ1) is 17.5. The summed E-state index contributed by atoms with van der Waals surface area (Å²) in [6.07, 6.45) is 2.36. The van der Waals surface area contributed by atoms with Gasteiger partial charge in [0.25, 0.3) is 0 Å². The Morgan fingerprint density at radius 2 is 1.76 bits per heavy atom. The quantitative estimate of drug-likeness (QED) is 0.687. The summed E-state index contributed by atoms with van der Waals surface area (Å²) in [5.74, 6) is 1.50. The summed E-state index contributed by atoms with van der Waals surface area (Å²) in [4.78, 5) is 2.54. The Bertz CT molecular complexity index is 430. The van der Waals surface area contributed by atoms with Crippen LogP contribution in [-0.2, 0) is 0 Å². The minimum Gasteiger partial charge on any atom is -0.492 e. The van der Waals surface area contributed by atoms with E-state index in [1.165, 1.54) is 12.8 Å². The first-order chi connectivity index (χ1) is 10.1. The first-order valence-electron chi connectivity index (χ1n) is 7.97. The van der Waals surface area contributed by atoms with Gasteiger partial charge in [-0.2, -0.15) is 5.26 Å². The lowest BCUT2D eigenvalue weighted by Crippen LogP contribution is -2.39. The molecule has 21 heavy (non-hydrogen) atoms. The fourth-order valence-electron chi connectivity index (χ4n) is 2.60. The number of hydrogen-bond acceptors (Lipinski definition) is 3. The third kappa shape index (κ3) is 6.18. The van der Waals surface area contributed by atoms with E-state index in [0.29, 0.717) is 24.1 Å². The van der Waals surface area contributed by atoms with E-state index in [2.05, 4.69) is 38.7 Å². The standard InChI is InChI=1S/C18H28N2O/c1-5-17(6-2)20(14-15(3)4)11-12-21-18-9-7-16(13-19)8-10-18/h7-10,15,17H,5-6,11-12,14H2,1-4H3. The summed E-state index contributed by atoms with van der Waals surface area (Å²) >= 11 is 0. The van der Waals surface area contributed by atoms with Gasteiger partial charge in [0.2, 0.25) is 0 Å². The molecule has 116 valence electrons. The molecule has 0 aromatic heterocycles. The topological polar surface area (TPSA) is 36.3 Å². The summed E-state index contributed by atoms with van der Waals surface area (Å²) in [6.45, 7) is 11.8. The molecule has 1 aromatic rings. The predicted octanol–water partition coefficient (Wildman–Crippen LogP) is 4.08. The zero-order valence-electron chi connectivity index (χ0n) is 13.8. The van der Waals surface area contributed by atoms with Crippen LogP contribution in [0.2, 0.25) is 0 Å². The maximum Gasteiger partial charge on any atom is 0.119 e. The average Bonchev–Trinajstić information content (AvgIpc) is 2.48. The van der Waals surface area contributed by atoms with Gasteiger partial charge in [0.05, 0.1) is 11.6 Å². The molecule has 0 saturated carbocycles. The Kier molecular flexibility index (Phi) is 7.85. The average molecular weight is 288 g/mol. The van der Waals surface area contributed by atoms with Gasteiger partial charge in [0.15, 0.2) is 0 Å². The minimum atomic E-state index is 0.636. The lowest BCUT2D eigenvalue weighted by Gasteiger charge is -2.31. The fourth-order valence-corrected chi connectivity index (χ4v) is 2.60. The Morgan fingerprint density at radius 1 is 1.14 bits per heavy atom. The van der Waals surface area contributed by atoms with E-state index in [4.69, 9.17) is 10.00 Å². The van der Waals surface area contributed by atoms with Crippen LogP contribution in [0.25, 0.3) is 0 Å². The van der Waals surface area contributed by atoms with Crippen LogP contribution in [0.3, 0.4) is 0 Å². The molecular formula is C18H28N2O. The van der Waals surface area contributed by atoms with E-state index in [1.807, 2.05) is 12.1 Å². The summed E-state index contributed by atoms with van der Waals surface area (Å²) in [5, 5.41) is 8.78. The summed E-state index contributed by atoms with van der Waals surface area (Å²) in [5.41, 5.74) is 0.667. The van der Waals surface area contributed by atoms with Crippen molar-refractivity contribution >= 4 is 0 Å². The van der Waals surface area contributed by atoms with Gasteiger partial charge in [0.1, 0.15) is 12.4 Å². The van der Waals surface area contributed by atoms with Crippen LogP contribution in [0.5, 0.6) is 5.75 Å². The smallest absolute Gasteiger partial charge is 0.119 e. The van der Waals surface area contributed by atoms with E-state index < -0.39 is 0 Å². The molecule has 0 aliphatic heterocycles. The van der Waals surface area contributed by atoms with Crippen molar-refractivity contribution in [3.8, 4) is 11.8 Å². The Labute approximate surface area is 129 Å². The number of nitriles is 1. The van der Waals surface area contributed by atoms with Crippen LogP contribution in [0.4, 0.5) is 0 Å². The molecule has 0 amide bonds. The number of ether oxygens (including phenoxy) is 1. The number of benzene rings is 1. The highest BCUT2D eigenvalue weighted by molar-refractivity contribution is 5.34. The second-order valence-electron chi connectivity index (χ2n) is 5.84. The highest BCUT2D eigenvalue weighted by Gasteiger charge is 2.16. The Balaban J connectivity index is 2.50. The van der Waals surface area contributed by atoms with Crippen LogP contribution in [-0.4, -0.2) is 30.6 Å². The first-order valence-corrected chi connectivity index (χ1v) is 7.97. The summed E-state index contributed by atoms with van der Waals surface area (Å²) in [6, 6.07) is 10.1. The van der Waals surface area contributed by atoms with Gasteiger partial charge in [-0.05, 0) is 43.0 Å². The van der Waals surface area contributed by atoms with Crippen LogP contribution in [0.1, 0.15) is 46.1 Å². The second kappa shape index (κ2) is 9.41. The van der Waals surface area contributed by atoms with Crippen LogP contribution in [0.15, 0.2) is 24.3 Å². The number of nitrogens with zero attached hydrogens (tertiary/aromatic N) is 2. The molecule has 1 aromatic carbocycles. The zero-order valence-corrected chi connectivity index (χ0v) is 13.8. The molecule has 0 unspecified atom stereocenters. The third-order valence-corrected chi connectivity index (χ3v) is 3.69. The molecule has 0 bridgehead atoms. The molecule has 3 heteroatoms. The van der Waals surface area contributed by atoms with Crippen LogP contribution < -0.4 is 4.74 Å². The van der Waals surface area contributed by atoms with Crippen molar-refractivity contribution in [2.45, 2.75) is 46.6 Å². The normalized spacial score (nSPS) is 11.1. The van der Waals surface area contributed by atoms with E-state index >= 15 is 0 Å². The lowest BCUT2D eigenvalue weighted by molar-refractivity contribution is 0.137. The molecule has 3 nitrogen and oxygen atoms in total. The second-order valence-corrected chi connectivity index (χ2v) is 5.84. The van der Waals surface area contributed by atoms with Gasteiger partial charge in [-0.1, -0.05) is 27.7 Å². The molecule has 0 N–H and O–H groups in total. The summed E-state index contributed by atoms with van der Waals surface area (Å²) < 4.78 is 5.81. The predicted molar refractivity (Wildman–Crippen MR) is 87.4 cm³/mol. The third-order valence-electron chi connectivity index (χ3n) is 3.69. The Morgan fingerprint density at radius 3 is 2.24 bits per heavy atom. The highest BCUT2D eigenvalue weighted by atomic mass is 16.5. The van der Waals surface area contributed by atoms with Gasteiger partial charge >= 0.3 is 0 Å². The number of rotatable bonds is 9. The van der Waals surface area contributed by atoms with E-state index in [-0.39, 0.29) is 0 Å². The maximum atomic E-state index is 8.78. The van der Waals surface area contributed by atoms with Crippen molar-refractivity contribution in [3.63, 3.8) is 0 Å². The van der Waals surface area contributed by atoms with Crippen LogP contribution >= 0.6 is 0 Å². The van der Waals surface area contributed by atoms with Crippen molar-refractivity contribution in [1.29, 1.82) is 5.26 Å². The molecule has 1 rings (SSSR count). The fraction of sp³-hybridized carbons (Fsp3) is 0.611. The molecule has 0 radical (unpaired) electrons. The monoisotopic (exact) mass is 288 g/mol. The number of hydrogen-bond donors (Lipinski definition) is 0. The van der Waals surface area contributed by atoms with E-state index in [0.717, 1.165) is 18.8 Å². The molecule has 0 fully saturated rings. The van der Waals surface area contributed by atoms with E-state index in [1.54, 1.807) is 12.1 Å². The molecular weight excluding hydrogens is 260 g/mol.